The van der Waals surface area contributed by atoms with Crippen molar-refractivity contribution in [1.29, 1.82) is 0 Å². The summed E-state index contributed by atoms with van der Waals surface area (Å²) >= 11 is 1.60. The van der Waals surface area contributed by atoms with Gasteiger partial charge in [-0.2, -0.15) is 0 Å². The standard InChI is InChI=1S/C23H24FN5S/c24-19-10-20(25)16(9-21(19)29-7-2-1-3-8-29)12-27-22-14-30-23(28-22)18-13-26-11-15-5-4-6-17(15)18/h4-6,9-11,13-14,26-27H,1-3,7-8,12,25H2. The maximum atomic E-state index is 14.5. The second-order valence-corrected chi connectivity index (χ2v) is 8.56. The van der Waals surface area contributed by atoms with Gasteiger partial charge in [-0.15, -0.1) is 11.3 Å². The van der Waals surface area contributed by atoms with Crippen molar-refractivity contribution in [2.45, 2.75) is 25.8 Å². The topological polar surface area (TPSA) is 70.0 Å². The van der Waals surface area contributed by atoms with Crippen LogP contribution in [0.25, 0.3) is 21.7 Å². The molecule has 5 nitrogen and oxygen atoms in total. The fourth-order valence-electron chi connectivity index (χ4n) is 4.09. The Kier molecular flexibility index (Phi) is 5.04. The van der Waals surface area contributed by atoms with E-state index in [4.69, 9.17) is 10.7 Å². The van der Waals surface area contributed by atoms with E-state index in [1.54, 1.807) is 11.3 Å². The lowest BCUT2D eigenvalue weighted by Gasteiger charge is -2.29. The number of hydrogen-bond acceptors (Lipinski definition) is 5. The number of pyridine rings is 1. The molecule has 0 bridgehead atoms. The van der Waals surface area contributed by atoms with Crippen LogP contribution in [0.4, 0.5) is 21.6 Å². The lowest BCUT2D eigenvalue weighted by atomic mass is 10.1. The molecule has 1 aromatic heterocycles. The van der Waals surface area contributed by atoms with E-state index in [1.807, 2.05) is 29.9 Å². The third-order valence-electron chi connectivity index (χ3n) is 5.71. The van der Waals surface area contributed by atoms with Crippen molar-refractivity contribution < 1.29 is 4.39 Å². The molecule has 0 atom stereocenters. The summed E-state index contributed by atoms with van der Waals surface area (Å²) in [7, 11) is 0. The van der Waals surface area contributed by atoms with Gasteiger partial charge in [0.05, 0.1) is 5.69 Å². The Labute approximate surface area is 179 Å². The SMILES string of the molecule is Nc1cc(F)c(N2CCCCC2)cc1CNc1csc(-c2c[nH]cc3cccc2-3)n1. The molecule has 0 radical (unpaired) electrons. The number of aromatic nitrogens is 2. The average Bonchev–Trinajstić information content (AvgIpc) is 3.43. The number of thiazole rings is 1. The first kappa shape index (κ1) is 18.9. The number of aromatic amines is 1. The number of fused-ring (bicyclic) bond motifs is 1. The van der Waals surface area contributed by atoms with Crippen molar-refractivity contribution in [3.8, 4) is 21.7 Å². The minimum absolute atomic E-state index is 0.242. The van der Waals surface area contributed by atoms with Gasteiger partial charge in [0.2, 0.25) is 0 Å². The Bertz CT molecular complexity index is 1130. The Hall–Kier alpha value is -3.06. The zero-order valence-corrected chi connectivity index (χ0v) is 17.4. The molecule has 7 heteroatoms. The van der Waals surface area contributed by atoms with Gasteiger partial charge in [0.25, 0.3) is 0 Å². The monoisotopic (exact) mass is 421 g/mol. The van der Waals surface area contributed by atoms with Gasteiger partial charge in [-0.3, -0.25) is 0 Å². The van der Waals surface area contributed by atoms with Crippen LogP contribution in [-0.4, -0.2) is 23.1 Å². The molecule has 2 aromatic rings. The molecule has 4 N–H and O–H groups in total. The van der Waals surface area contributed by atoms with Gasteiger partial charge in [0.15, 0.2) is 0 Å². The summed E-state index contributed by atoms with van der Waals surface area (Å²) in [4.78, 5) is 10.1. The van der Waals surface area contributed by atoms with Crippen LogP contribution in [0, 0.1) is 5.82 Å². The quantitative estimate of drug-likeness (QED) is 0.369. The predicted molar refractivity (Wildman–Crippen MR) is 123 cm³/mol. The summed E-state index contributed by atoms with van der Waals surface area (Å²) in [5.74, 6) is 0.551. The zero-order valence-electron chi connectivity index (χ0n) is 16.6. The number of rotatable bonds is 5. The van der Waals surface area contributed by atoms with Crippen LogP contribution < -0.4 is 16.0 Å². The number of hydrogen-bond donors (Lipinski definition) is 3. The highest BCUT2D eigenvalue weighted by atomic mass is 32.1. The third kappa shape index (κ3) is 3.61. The fourth-order valence-corrected chi connectivity index (χ4v) is 4.90. The van der Waals surface area contributed by atoms with Gasteiger partial charge in [-0.25, -0.2) is 9.37 Å². The maximum absolute atomic E-state index is 14.5. The first-order valence-electron chi connectivity index (χ1n) is 10.3. The Morgan fingerprint density at radius 3 is 2.87 bits per heavy atom. The highest BCUT2D eigenvalue weighted by Crippen LogP contribution is 2.36. The van der Waals surface area contributed by atoms with E-state index < -0.39 is 0 Å². The number of piperidine rings is 1. The van der Waals surface area contributed by atoms with Crippen molar-refractivity contribution in [1.82, 2.24) is 9.97 Å². The van der Waals surface area contributed by atoms with Crippen molar-refractivity contribution in [3.05, 3.63) is 59.5 Å². The number of nitrogens with one attached hydrogen (secondary N) is 2. The first-order chi connectivity index (χ1) is 14.7. The van der Waals surface area contributed by atoms with E-state index in [9.17, 15) is 4.39 Å². The van der Waals surface area contributed by atoms with Crippen molar-refractivity contribution in [2.24, 2.45) is 0 Å². The molecule has 1 aliphatic carbocycles. The van der Waals surface area contributed by atoms with Gasteiger partial charge >= 0.3 is 0 Å². The van der Waals surface area contributed by atoms with E-state index in [-0.39, 0.29) is 5.82 Å². The van der Waals surface area contributed by atoms with Crippen LogP contribution in [0.1, 0.15) is 24.8 Å². The number of benzene rings is 1. The van der Waals surface area contributed by atoms with Crippen molar-refractivity contribution in [2.75, 3.05) is 29.0 Å². The number of H-pyrrole nitrogens is 1. The van der Waals surface area contributed by atoms with Gasteiger partial charge in [-0.1, -0.05) is 18.2 Å². The number of nitrogens with two attached hydrogens (primary N) is 1. The van der Waals surface area contributed by atoms with Crippen molar-refractivity contribution in [3.63, 3.8) is 0 Å². The van der Waals surface area contributed by atoms with Crippen LogP contribution >= 0.6 is 11.3 Å². The molecule has 3 heterocycles. The second kappa shape index (κ2) is 7.99. The smallest absolute Gasteiger partial charge is 0.148 e. The number of anilines is 3. The summed E-state index contributed by atoms with van der Waals surface area (Å²) in [6.07, 6.45) is 7.39. The summed E-state index contributed by atoms with van der Waals surface area (Å²) in [6.45, 7) is 2.30. The third-order valence-corrected chi connectivity index (χ3v) is 6.58. The van der Waals surface area contributed by atoms with Crippen molar-refractivity contribution >= 4 is 28.5 Å². The summed E-state index contributed by atoms with van der Waals surface area (Å²) in [5.41, 5.74) is 11.6. The van der Waals surface area contributed by atoms with E-state index in [1.165, 1.54) is 23.6 Å². The van der Waals surface area contributed by atoms with E-state index in [0.29, 0.717) is 17.9 Å². The molecule has 2 aliphatic heterocycles. The molecular formula is C23H24FN5S. The molecule has 1 aromatic carbocycles. The predicted octanol–water partition coefficient (Wildman–Crippen LogP) is 5.57. The summed E-state index contributed by atoms with van der Waals surface area (Å²) < 4.78 is 14.5. The molecule has 0 spiro atoms. The van der Waals surface area contributed by atoms with Gasteiger partial charge in [-0.05, 0) is 48.1 Å². The minimum Gasteiger partial charge on any atom is -0.398 e. The van der Waals surface area contributed by atoms with E-state index in [0.717, 1.165) is 47.9 Å². The molecule has 154 valence electrons. The van der Waals surface area contributed by atoms with Crippen LogP contribution in [-0.2, 0) is 6.54 Å². The Morgan fingerprint density at radius 1 is 1.13 bits per heavy atom. The molecular weight excluding hydrogens is 397 g/mol. The zero-order chi connectivity index (χ0) is 20.5. The van der Waals surface area contributed by atoms with Gasteiger partial charge < -0.3 is 20.9 Å². The molecule has 1 fully saturated rings. The Balaban J connectivity index is 1.34. The van der Waals surface area contributed by atoms with Crippen LogP contribution in [0.3, 0.4) is 0 Å². The number of nitrogen functional groups attached to an aromatic ring is 1. The van der Waals surface area contributed by atoms with Crippen LogP contribution in [0.2, 0.25) is 0 Å². The molecule has 30 heavy (non-hydrogen) atoms. The van der Waals surface area contributed by atoms with Crippen LogP contribution in [0.5, 0.6) is 0 Å². The second-order valence-electron chi connectivity index (χ2n) is 7.71. The first-order valence-corrected chi connectivity index (χ1v) is 11.1. The highest BCUT2D eigenvalue weighted by Gasteiger charge is 2.17. The lowest BCUT2D eigenvalue weighted by molar-refractivity contribution is 0.557. The molecule has 1 saturated heterocycles. The molecule has 5 rings (SSSR count). The normalized spacial score (nSPS) is 14.4. The fraction of sp³-hybridized carbons (Fsp3) is 0.261. The summed E-state index contributed by atoms with van der Waals surface area (Å²) in [5, 5.41) is 6.30. The van der Waals surface area contributed by atoms with Gasteiger partial charge in [0.1, 0.15) is 16.6 Å². The highest BCUT2D eigenvalue weighted by molar-refractivity contribution is 7.13. The van der Waals surface area contributed by atoms with Crippen LogP contribution in [0.15, 0.2) is 48.1 Å². The number of nitrogens with zero attached hydrogens (tertiary/aromatic N) is 2. The molecule has 3 aliphatic rings. The minimum atomic E-state index is -0.242. The van der Waals surface area contributed by atoms with E-state index >= 15 is 0 Å². The number of halogens is 1. The maximum Gasteiger partial charge on any atom is 0.148 e. The summed E-state index contributed by atoms with van der Waals surface area (Å²) in [6, 6.07) is 9.56. The lowest BCUT2D eigenvalue weighted by Crippen LogP contribution is -2.30. The molecule has 0 unspecified atom stereocenters. The molecule has 0 saturated carbocycles. The van der Waals surface area contributed by atoms with E-state index in [2.05, 4.69) is 27.3 Å². The molecule has 0 amide bonds. The average molecular weight is 422 g/mol. The van der Waals surface area contributed by atoms with Gasteiger partial charge in [0, 0.05) is 48.7 Å². The Morgan fingerprint density at radius 2 is 2.00 bits per heavy atom. The largest absolute Gasteiger partial charge is 0.398 e.